The molecule has 2 aromatic rings. The zero-order chi connectivity index (χ0) is 13.8. The highest BCUT2D eigenvalue weighted by molar-refractivity contribution is 9.10. The summed E-state index contributed by atoms with van der Waals surface area (Å²) in [7, 11) is 2.04. The molecule has 3 nitrogen and oxygen atoms in total. The second kappa shape index (κ2) is 5.89. The van der Waals surface area contributed by atoms with Crippen molar-refractivity contribution in [2.45, 2.75) is 6.54 Å². The van der Waals surface area contributed by atoms with Crippen LogP contribution in [0.1, 0.15) is 11.1 Å². The van der Waals surface area contributed by atoms with Gasteiger partial charge in [0.2, 0.25) is 0 Å². The molecule has 3 N–H and O–H groups in total. The van der Waals surface area contributed by atoms with Crippen LogP contribution >= 0.6 is 15.9 Å². The number of anilines is 1. The van der Waals surface area contributed by atoms with Crippen LogP contribution < -0.4 is 10.6 Å². The van der Waals surface area contributed by atoms with Crippen LogP contribution in [0.4, 0.5) is 5.69 Å². The standard InChI is InChI=1S/C15H16BrN3/c1-19(10-12-4-2-3-5-14(12)16)13-8-6-11(7-9-13)15(17)18/h2-9H,10H2,1H3,(H3,17,18). The summed E-state index contributed by atoms with van der Waals surface area (Å²) >= 11 is 3.56. The monoisotopic (exact) mass is 317 g/mol. The van der Waals surface area contributed by atoms with Gasteiger partial charge in [-0.1, -0.05) is 34.1 Å². The van der Waals surface area contributed by atoms with E-state index in [1.165, 1.54) is 5.56 Å². The molecule has 0 aliphatic heterocycles. The molecular weight excluding hydrogens is 302 g/mol. The first-order valence-electron chi connectivity index (χ1n) is 5.97. The molecule has 0 atom stereocenters. The largest absolute Gasteiger partial charge is 0.384 e. The molecule has 0 amide bonds. The highest BCUT2D eigenvalue weighted by Crippen LogP contribution is 2.21. The fraction of sp³-hybridized carbons (Fsp3) is 0.133. The van der Waals surface area contributed by atoms with Crippen molar-refractivity contribution in [3.63, 3.8) is 0 Å². The molecular formula is C15H16BrN3. The van der Waals surface area contributed by atoms with E-state index in [9.17, 15) is 0 Å². The maximum atomic E-state index is 7.38. The lowest BCUT2D eigenvalue weighted by Crippen LogP contribution is -2.17. The Labute approximate surface area is 121 Å². The van der Waals surface area contributed by atoms with Crippen molar-refractivity contribution in [2.75, 3.05) is 11.9 Å². The first-order valence-corrected chi connectivity index (χ1v) is 6.76. The summed E-state index contributed by atoms with van der Waals surface area (Å²) in [6.45, 7) is 0.820. The lowest BCUT2D eigenvalue weighted by molar-refractivity contribution is 0.918. The number of amidine groups is 1. The van der Waals surface area contributed by atoms with Gasteiger partial charge in [0.05, 0.1) is 0 Å². The van der Waals surface area contributed by atoms with Crippen molar-refractivity contribution in [1.82, 2.24) is 0 Å². The van der Waals surface area contributed by atoms with E-state index >= 15 is 0 Å². The molecule has 0 aliphatic carbocycles. The van der Waals surface area contributed by atoms with Crippen LogP contribution in [0.25, 0.3) is 0 Å². The van der Waals surface area contributed by atoms with Crippen LogP contribution in [0, 0.1) is 5.41 Å². The highest BCUT2D eigenvalue weighted by Gasteiger charge is 2.05. The van der Waals surface area contributed by atoms with Gasteiger partial charge in [-0.05, 0) is 35.9 Å². The second-order valence-electron chi connectivity index (χ2n) is 4.41. The minimum atomic E-state index is 0.0972. The van der Waals surface area contributed by atoms with Crippen molar-refractivity contribution in [3.05, 3.63) is 64.1 Å². The minimum absolute atomic E-state index is 0.0972. The van der Waals surface area contributed by atoms with Gasteiger partial charge in [-0.25, -0.2) is 0 Å². The fourth-order valence-electron chi connectivity index (χ4n) is 1.87. The number of benzene rings is 2. The molecule has 0 unspecified atom stereocenters. The quantitative estimate of drug-likeness (QED) is 0.671. The summed E-state index contributed by atoms with van der Waals surface area (Å²) in [6, 6.07) is 15.9. The first-order chi connectivity index (χ1) is 9.08. The fourth-order valence-corrected chi connectivity index (χ4v) is 2.28. The van der Waals surface area contributed by atoms with E-state index < -0.39 is 0 Å². The molecule has 4 heteroatoms. The molecule has 0 spiro atoms. The van der Waals surface area contributed by atoms with Crippen LogP contribution in [0.3, 0.4) is 0 Å². The van der Waals surface area contributed by atoms with Gasteiger partial charge in [0, 0.05) is 29.3 Å². The zero-order valence-electron chi connectivity index (χ0n) is 10.7. The molecule has 0 bridgehead atoms. The number of rotatable bonds is 4. The van der Waals surface area contributed by atoms with E-state index in [-0.39, 0.29) is 5.84 Å². The van der Waals surface area contributed by atoms with Crippen LogP contribution in [-0.4, -0.2) is 12.9 Å². The second-order valence-corrected chi connectivity index (χ2v) is 5.26. The van der Waals surface area contributed by atoms with E-state index in [0.29, 0.717) is 0 Å². The van der Waals surface area contributed by atoms with Crippen molar-refractivity contribution in [2.24, 2.45) is 5.73 Å². The molecule has 2 aromatic carbocycles. The van der Waals surface area contributed by atoms with Gasteiger partial charge >= 0.3 is 0 Å². The van der Waals surface area contributed by atoms with Crippen molar-refractivity contribution in [3.8, 4) is 0 Å². The molecule has 98 valence electrons. The number of nitrogens with zero attached hydrogens (tertiary/aromatic N) is 1. The Kier molecular flexibility index (Phi) is 4.22. The lowest BCUT2D eigenvalue weighted by Gasteiger charge is -2.20. The molecule has 0 saturated heterocycles. The average Bonchev–Trinajstić information content (AvgIpc) is 2.41. The summed E-state index contributed by atoms with van der Waals surface area (Å²) < 4.78 is 1.11. The zero-order valence-corrected chi connectivity index (χ0v) is 12.3. The molecule has 0 aromatic heterocycles. The minimum Gasteiger partial charge on any atom is -0.384 e. The number of nitrogen functional groups attached to an aromatic ring is 1. The Morgan fingerprint density at radius 1 is 1.16 bits per heavy atom. The van der Waals surface area contributed by atoms with Gasteiger partial charge < -0.3 is 10.6 Å². The van der Waals surface area contributed by atoms with E-state index in [0.717, 1.165) is 22.3 Å². The van der Waals surface area contributed by atoms with Gasteiger partial charge in [0.15, 0.2) is 0 Å². The molecule has 0 saturated carbocycles. The number of nitrogens with two attached hydrogens (primary N) is 1. The summed E-state index contributed by atoms with van der Waals surface area (Å²) in [5.74, 6) is 0.0972. The smallest absolute Gasteiger partial charge is 0.122 e. The summed E-state index contributed by atoms with van der Waals surface area (Å²) in [4.78, 5) is 2.16. The van der Waals surface area contributed by atoms with E-state index in [1.807, 2.05) is 49.5 Å². The maximum absolute atomic E-state index is 7.38. The third kappa shape index (κ3) is 3.35. The summed E-state index contributed by atoms with van der Waals surface area (Å²) in [5, 5.41) is 7.38. The molecule has 0 aliphatic rings. The Morgan fingerprint density at radius 3 is 2.37 bits per heavy atom. The van der Waals surface area contributed by atoms with E-state index in [2.05, 4.69) is 26.9 Å². The number of hydrogen-bond donors (Lipinski definition) is 2. The van der Waals surface area contributed by atoms with Crippen molar-refractivity contribution in [1.29, 1.82) is 5.41 Å². The topological polar surface area (TPSA) is 53.1 Å². The Hall–Kier alpha value is -1.81. The van der Waals surface area contributed by atoms with Gasteiger partial charge in [0.25, 0.3) is 0 Å². The Bertz CT molecular complexity index is 578. The van der Waals surface area contributed by atoms with Crippen molar-refractivity contribution < 1.29 is 0 Å². The molecule has 19 heavy (non-hydrogen) atoms. The van der Waals surface area contributed by atoms with E-state index in [4.69, 9.17) is 11.1 Å². The first kappa shape index (κ1) is 13.6. The molecule has 0 heterocycles. The number of hydrogen-bond acceptors (Lipinski definition) is 2. The van der Waals surface area contributed by atoms with Gasteiger partial charge in [-0.2, -0.15) is 0 Å². The lowest BCUT2D eigenvalue weighted by atomic mass is 10.1. The number of halogens is 1. The van der Waals surface area contributed by atoms with Crippen LogP contribution in [0.15, 0.2) is 53.0 Å². The van der Waals surface area contributed by atoms with Crippen LogP contribution in [0.5, 0.6) is 0 Å². The average molecular weight is 318 g/mol. The van der Waals surface area contributed by atoms with Gasteiger partial charge in [0.1, 0.15) is 5.84 Å². The number of nitrogens with one attached hydrogen (secondary N) is 1. The normalized spacial score (nSPS) is 10.2. The van der Waals surface area contributed by atoms with Crippen molar-refractivity contribution >= 4 is 27.5 Å². The SMILES string of the molecule is CN(Cc1ccccc1Br)c1ccc(C(=N)N)cc1. The third-order valence-electron chi connectivity index (χ3n) is 2.98. The predicted octanol–water partition coefficient (Wildman–Crippen LogP) is 3.37. The Morgan fingerprint density at radius 2 is 1.79 bits per heavy atom. The Balaban J connectivity index is 2.14. The van der Waals surface area contributed by atoms with E-state index in [1.54, 1.807) is 0 Å². The predicted molar refractivity (Wildman–Crippen MR) is 83.7 cm³/mol. The van der Waals surface area contributed by atoms with Gasteiger partial charge in [-0.3, -0.25) is 5.41 Å². The maximum Gasteiger partial charge on any atom is 0.122 e. The summed E-state index contributed by atoms with van der Waals surface area (Å²) in [5.41, 5.74) is 8.53. The molecule has 2 rings (SSSR count). The molecule has 0 radical (unpaired) electrons. The van der Waals surface area contributed by atoms with Crippen LogP contribution in [0.2, 0.25) is 0 Å². The summed E-state index contributed by atoms with van der Waals surface area (Å²) in [6.07, 6.45) is 0. The van der Waals surface area contributed by atoms with Gasteiger partial charge in [-0.15, -0.1) is 0 Å². The third-order valence-corrected chi connectivity index (χ3v) is 3.76. The molecule has 0 fully saturated rings. The van der Waals surface area contributed by atoms with Crippen LogP contribution in [-0.2, 0) is 6.54 Å². The highest BCUT2D eigenvalue weighted by atomic mass is 79.9.